The number of nitrogens with zero attached hydrogens (tertiary/aromatic N) is 1. The molecular formula is C24H37NO4. The summed E-state index contributed by atoms with van der Waals surface area (Å²) in [6.07, 6.45) is 3.41. The molecule has 5 heteroatoms. The van der Waals surface area contributed by atoms with Crippen molar-refractivity contribution in [2.45, 2.75) is 65.5 Å². The average molecular weight is 404 g/mol. The fraction of sp³-hybridized carbons (Fsp3) is 0.708. The molecule has 0 N–H and O–H groups in total. The number of benzene rings is 1. The Hall–Kier alpha value is -1.75. The molecular weight excluding hydrogens is 366 g/mol. The number of esters is 1. The number of hydrogen-bond acceptors (Lipinski definition) is 5. The summed E-state index contributed by atoms with van der Waals surface area (Å²) in [5.41, 5.74) is 2.61. The fourth-order valence-electron chi connectivity index (χ4n) is 4.93. The monoisotopic (exact) mass is 403 g/mol. The van der Waals surface area contributed by atoms with Gasteiger partial charge in [-0.05, 0) is 47.9 Å². The smallest absolute Gasteiger partial charge is 0.306 e. The van der Waals surface area contributed by atoms with E-state index in [9.17, 15) is 4.79 Å². The van der Waals surface area contributed by atoms with Crippen molar-refractivity contribution in [3.8, 4) is 11.5 Å². The molecule has 3 rings (SSSR count). The molecule has 3 atom stereocenters. The highest BCUT2D eigenvalue weighted by atomic mass is 16.5. The average Bonchev–Trinajstić information content (AvgIpc) is 2.66. The number of piperidine rings is 1. The lowest BCUT2D eigenvalue weighted by Gasteiger charge is -2.47. The molecule has 0 aliphatic carbocycles. The van der Waals surface area contributed by atoms with Crippen LogP contribution in [0.25, 0.3) is 0 Å². The van der Waals surface area contributed by atoms with Gasteiger partial charge in [0.05, 0.1) is 14.2 Å². The van der Waals surface area contributed by atoms with Gasteiger partial charge in [0, 0.05) is 37.9 Å². The van der Waals surface area contributed by atoms with Crippen molar-refractivity contribution in [1.29, 1.82) is 0 Å². The minimum atomic E-state index is -0.0597. The maximum absolute atomic E-state index is 12.5. The normalized spacial score (nSPS) is 24.2. The lowest BCUT2D eigenvalue weighted by atomic mass is 9.79. The summed E-state index contributed by atoms with van der Waals surface area (Å²) >= 11 is 0. The molecule has 1 fully saturated rings. The van der Waals surface area contributed by atoms with Crippen LogP contribution in [0.15, 0.2) is 12.1 Å². The number of hydrogen-bond donors (Lipinski definition) is 0. The van der Waals surface area contributed by atoms with Crippen LogP contribution in [0.4, 0.5) is 0 Å². The summed E-state index contributed by atoms with van der Waals surface area (Å²) in [5, 5.41) is 0. The SMILES string of the molecule is COc1cc2c(cc1OC)C1C[C@@H](OC(=O)CC(C)C)[C@H](CC(C)C)CN1CC2. The quantitative estimate of drug-likeness (QED) is 0.622. The van der Waals surface area contributed by atoms with Gasteiger partial charge >= 0.3 is 5.97 Å². The zero-order valence-corrected chi connectivity index (χ0v) is 18.9. The standard InChI is InChI=1S/C24H37NO4/c1-15(2)9-18-14-25-8-7-17-11-22(27-5)23(28-6)12-19(17)20(25)13-21(18)29-24(26)10-16(3)4/h11-12,15-16,18,20-21H,7-10,13-14H2,1-6H3/t18-,20?,21-/m1/s1. The number of rotatable bonds is 7. The van der Waals surface area contributed by atoms with E-state index in [1.165, 1.54) is 11.1 Å². The van der Waals surface area contributed by atoms with Crippen LogP contribution in [0, 0.1) is 17.8 Å². The number of fused-ring (bicyclic) bond motifs is 3. The zero-order valence-electron chi connectivity index (χ0n) is 18.9. The van der Waals surface area contributed by atoms with Crippen LogP contribution in [0.2, 0.25) is 0 Å². The maximum atomic E-state index is 12.5. The highest BCUT2D eigenvalue weighted by Crippen LogP contribution is 2.44. The van der Waals surface area contributed by atoms with Gasteiger partial charge < -0.3 is 14.2 Å². The van der Waals surface area contributed by atoms with Crippen molar-refractivity contribution < 1.29 is 19.0 Å². The van der Waals surface area contributed by atoms with E-state index in [2.05, 4.69) is 44.7 Å². The Morgan fingerprint density at radius 1 is 1.10 bits per heavy atom. The molecule has 1 aromatic rings. The highest BCUT2D eigenvalue weighted by molar-refractivity contribution is 5.69. The van der Waals surface area contributed by atoms with Gasteiger partial charge in [-0.25, -0.2) is 0 Å². The summed E-state index contributed by atoms with van der Waals surface area (Å²) in [6, 6.07) is 4.51. The van der Waals surface area contributed by atoms with Gasteiger partial charge in [0.2, 0.25) is 0 Å². The van der Waals surface area contributed by atoms with E-state index in [4.69, 9.17) is 14.2 Å². The van der Waals surface area contributed by atoms with Gasteiger partial charge in [-0.1, -0.05) is 27.7 Å². The Kier molecular flexibility index (Phi) is 7.10. The lowest BCUT2D eigenvalue weighted by molar-refractivity contribution is -0.158. The second-order valence-corrected chi connectivity index (χ2v) is 9.42. The minimum Gasteiger partial charge on any atom is -0.493 e. The molecule has 0 spiro atoms. The van der Waals surface area contributed by atoms with Gasteiger partial charge in [0.15, 0.2) is 11.5 Å². The molecule has 0 saturated carbocycles. The van der Waals surface area contributed by atoms with Crippen LogP contribution in [0.1, 0.15) is 64.1 Å². The first-order chi connectivity index (χ1) is 13.8. The van der Waals surface area contributed by atoms with E-state index < -0.39 is 0 Å². The lowest BCUT2D eigenvalue weighted by Crippen LogP contribution is -2.49. The number of ether oxygens (including phenoxy) is 3. The third kappa shape index (κ3) is 5.06. The predicted molar refractivity (Wildman–Crippen MR) is 114 cm³/mol. The van der Waals surface area contributed by atoms with Crippen molar-refractivity contribution in [3.63, 3.8) is 0 Å². The van der Waals surface area contributed by atoms with E-state index in [0.717, 1.165) is 43.9 Å². The Balaban J connectivity index is 1.86. The van der Waals surface area contributed by atoms with Crippen molar-refractivity contribution in [2.24, 2.45) is 17.8 Å². The van der Waals surface area contributed by atoms with Crippen LogP contribution >= 0.6 is 0 Å². The second kappa shape index (κ2) is 9.38. The second-order valence-electron chi connectivity index (χ2n) is 9.42. The van der Waals surface area contributed by atoms with E-state index >= 15 is 0 Å². The van der Waals surface area contributed by atoms with E-state index in [-0.39, 0.29) is 18.1 Å². The third-order valence-corrected chi connectivity index (χ3v) is 6.20. The van der Waals surface area contributed by atoms with Crippen molar-refractivity contribution in [1.82, 2.24) is 4.90 Å². The largest absolute Gasteiger partial charge is 0.493 e. The molecule has 2 aliphatic heterocycles. The number of carbonyl (C=O) groups excluding carboxylic acids is 1. The maximum Gasteiger partial charge on any atom is 0.306 e. The summed E-state index contributed by atoms with van der Waals surface area (Å²) in [4.78, 5) is 15.0. The van der Waals surface area contributed by atoms with E-state index in [1.54, 1.807) is 14.2 Å². The van der Waals surface area contributed by atoms with Crippen LogP contribution in [0.3, 0.4) is 0 Å². The molecule has 0 bridgehead atoms. The summed E-state index contributed by atoms with van der Waals surface area (Å²) in [7, 11) is 3.36. The first-order valence-corrected chi connectivity index (χ1v) is 11.0. The van der Waals surface area contributed by atoms with Crippen LogP contribution < -0.4 is 9.47 Å². The molecule has 1 aromatic carbocycles. The van der Waals surface area contributed by atoms with Crippen molar-refractivity contribution in [2.75, 3.05) is 27.3 Å². The van der Waals surface area contributed by atoms with Gasteiger partial charge in [-0.15, -0.1) is 0 Å². The fourth-order valence-corrected chi connectivity index (χ4v) is 4.93. The topological polar surface area (TPSA) is 48.0 Å². The molecule has 0 aromatic heterocycles. The van der Waals surface area contributed by atoms with Gasteiger partial charge in [-0.3, -0.25) is 9.69 Å². The minimum absolute atomic E-state index is 0.0241. The molecule has 0 amide bonds. The van der Waals surface area contributed by atoms with E-state index in [0.29, 0.717) is 24.2 Å². The first-order valence-electron chi connectivity index (χ1n) is 11.0. The molecule has 2 aliphatic rings. The molecule has 1 unspecified atom stereocenters. The number of methoxy groups -OCH3 is 2. The Labute approximate surface area is 175 Å². The zero-order chi connectivity index (χ0) is 21.1. The van der Waals surface area contributed by atoms with Crippen molar-refractivity contribution in [3.05, 3.63) is 23.3 Å². The summed E-state index contributed by atoms with van der Waals surface area (Å²) in [5.74, 6) is 2.79. The molecule has 29 heavy (non-hydrogen) atoms. The highest BCUT2D eigenvalue weighted by Gasteiger charge is 2.41. The molecule has 162 valence electrons. The Morgan fingerprint density at radius 2 is 1.79 bits per heavy atom. The molecule has 2 heterocycles. The predicted octanol–water partition coefficient (Wildman–Crippen LogP) is 4.63. The summed E-state index contributed by atoms with van der Waals surface area (Å²) < 4.78 is 17.1. The van der Waals surface area contributed by atoms with Crippen LogP contribution in [-0.2, 0) is 16.0 Å². The third-order valence-electron chi connectivity index (χ3n) is 6.20. The Bertz CT molecular complexity index is 715. The number of carbonyl (C=O) groups is 1. The first kappa shape index (κ1) is 21.9. The van der Waals surface area contributed by atoms with Gasteiger partial charge in [0.1, 0.15) is 6.10 Å². The van der Waals surface area contributed by atoms with E-state index in [1.807, 2.05) is 0 Å². The van der Waals surface area contributed by atoms with Crippen molar-refractivity contribution >= 4 is 5.97 Å². The Morgan fingerprint density at radius 3 is 2.41 bits per heavy atom. The van der Waals surface area contributed by atoms with Gasteiger partial charge in [0.25, 0.3) is 0 Å². The molecule has 0 radical (unpaired) electrons. The van der Waals surface area contributed by atoms with Gasteiger partial charge in [-0.2, -0.15) is 0 Å². The molecule has 1 saturated heterocycles. The van der Waals surface area contributed by atoms with Crippen LogP contribution in [-0.4, -0.2) is 44.3 Å². The summed E-state index contributed by atoms with van der Waals surface area (Å²) in [6.45, 7) is 10.6. The van der Waals surface area contributed by atoms with Crippen LogP contribution in [0.5, 0.6) is 11.5 Å². The molecule has 5 nitrogen and oxygen atoms in total.